The van der Waals surface area contributed by atoms with Crippen LogP contribution < -0.4 is 15.3 Å². The summed E-state index contributed by atoms with van der Waals surface area (Å²) in [5, 5.41) is -1.73. The lowest BCUT2D eigenvalue weighted by Gasteiger charge is -2.41. The Balaban J connectivity index is 1.75. The monoisotopic (exact) mass is 625 g/mol. The second-order valence-electron chi connectivity index (χ2n) is 11.7. The van der Waals surface area contributed by atoms with Gasteiger partial charge in [-0.2, -0.15) is 4.98 Å². The molecule has 1 amide bonds. The van der Waals surface area contributed by atoms with E-state index in [1.165, 1.54) is 16.7 Å². The maximum Gasteiger partial charge on any atom is 0.354 e. The molecular formula is C32H28B2ClF2N5O3. The summed E-state index contributed by atoms with van der Waals surface area (Å²) < 4.78 is 37.9. The highest BCUT2D eigenvalue weighted by molar-refractivity contribution is 6.41. The zero-order valence-electron chi connectivity index (χ0n) is 25.2. The summed E-state index contributed by atoms with van der Waals surface area (Å²) in [6.45, 7) is 12.2. The van der Waals surface area contributed by atoms with Crippen LogP contribution in [-0.4, -0.2) is 66.7 Å². The van der Waals surface area contributed by atoms with E-state index in [1.807, 2.05) is 32.6 Å². The predicted octanol–water partition coefficient (Wildman–Crippen LogP) is 4.87. The van der Waals surface area contributed by atoms with Crippen LogP contribution in [0.3, 0.4) is 0 Å². The number of hydrogen-bond acceptors (Lipinski definition) is 6. The number of piperazine rings is 1. The zero-order valence-corrected chi connectivity index (χ0v) is 26.0. The van der Waals surface area contributed by atoms with Gasteiger partial charge in [0.25, 0.3) is 0 Å². The third-order valence-electron chi connectivity index (χ3n) is 8.41. The molecule has 45 heavy (non-hydrogen) atoms. The molecule has 0 spiro atoms. The fraction of sp³-hybridized carbons (Fsp3) is 0.312. The molecule has 2 aromatic heterocycles. The van der Waals surface area contributed by atoms with Crippen LogP contribution in [-0.2, 0) is 10.2 Å². The first-order valence-electron chi connectivity index (χ1n) is 14.5. The van der Waals surface area contributed by atoms with Crippen LogP contribution in [0, 0.1) is 18.6 Å². The zero-order chi connectivity index (χ0) is 32.5. The fourth-order valence-electron chi connectivity index (χ4n) is 6.29. The Labute approximate surface area is 266 Å². The van der Waals surface area contributed by atoms with Crippen molar-refractivity contribution in [2.45, 2.75) is 45.1 Å². The minimum atomic E-state index is -2.12. The van der Waals surface area contributed by atoms with E-state index < -0.39 is 22.7 Å². The molecule has 13 heteroatoms. The van der Waals surface area contributed by atoms with Crippen LogP contribution in [0.2, 0.25) is 5.02 Å². The van der Waals surface area contributed by atoms with E-state index in [0.717, 1.165) is 6.07 Å². The number of aromatic nitrogens is 3. The van der Waals surface area contributed by atoms with Gasteiger partial charge >= 0.3 is 5.69 Å². The molecule has 2 aliphatic heterocycles. The van der Waals surface area contributed by atoms with Gasteiger partial charge < -0.3 is 14.5 Å². The average molecular weight is 626 g/mol. The van der Waals surface area contributed by atoms with E-state index >= 15 is 4.39 Å². The summed E-state index contributed by atoms with van der Waals surface area (Å²) in [5.74, 6) is -2.49. The first-order chi connectivity index (χ1) is 21.3. The maximum atomic E-state index is 15.6. The van der Waals surface area contributed by atoms with Crippen molar-refractivity contribution in [1.29, 1.82) is 0 Å². The van der Waals surface area contributed by atoms with Gasteiger partial charge in [0.2, 0.25) is 5.91 Å². The van der Waals surface area contributed by atoms with E-state index in [4.69, 9.17) is 32.0 Å². The minimum Gasteiger partial charge on any atom is -0.500 e. The van der Waals surface area contributed by atoms with Gasteiger partial charge in [-0.1, -0.05) is 38.1 Å². The molecule has 2 aromatic carbocycles. The number of carbonyl (C=O) groups excluding carboxylic acids is 1. The highest BCUT2D eigenvalue weighted by atomic mass is 35.5. The number of nitrogens with zero attached hydrogens (tertiary/aromatic N) is 5. The molecule has 4 radical (unpaired) electrons. The van der Waals surface area contributed by atoms with Crippen LogP contribution in [0.25, 0.3) is 27.7 Å². The molecule has 6 rings (SSSR count). The number of fused-ring (bicyclic) bond motifs is 5. The minimum absolute atomic E-state index is 0.00456. The molecule has 8 nitrogen and oxygen atoms in total. The van der Waals surface area contributed by atoms with Gasteiger partial charge in [-0.15, -0.1) is 0 Å². The number of pyridine rings is 1. The summed E-state index contributed by atoms with van der Waals surface area (Å²) >= 11 is 6.89. The lowest BCUT2D eigenvalue weighted by atomic mass is 9.58. The first kappa shape index (κ1) is 30.8. The summed E-state index contributed by atoms with van der Waals surface area (Å²) in [5.41, 5.74) is 0.962. The van der Waals surface area contributed by atoms with Crippen LogP contribution in [0.15, 0.2) is 47.9 Å². The van der Waals surface area contributed by atoms with Gasteiger partial charge in [0.15, 0.2) is 17.4 Å². The number of ether oxygens (including phenoxy) is 1. The molecule has 226 valence electrons. The molecule has 0 bridgehead atoms. The van der Waals surface area contributed by atoms with Crippen molar-refractivity contribution in [2.75, 3.05) is 24.5 Å². The fourth-order valence-corrected chi connectivity index (χ4v) is 6.58. The van der Waals surface area contributed by atoms with Gasteiger partial charge in [0.1, 0.15) is 27.0 Å². The Morgan fingerprint density at radius 1 is 1.22 bits per heavy atom. The van der Waals surface area contributed by atoms with Crippen molar-refractivity contribution in [3.8, 4) is 22.6 Å². The molecule has 0 N–H and O–H groups in total. The third kappa shape index (κ3) is 4.81. The number of amides is 1. The van der Waals surface area contributed by atoms with Crippen LogP contribution in [0.4, 0.5) is 14.6 Å². The lowest BCUT2D eigenvalue weighted by Crippen LogP contribution is -2.54. The molecule has 2 aliphatic rings. The molecule has 4 aromatic rings. The Hall–Kier alpha value is -4.18. The number of carbonyl (C=O) groups is 1. The second-order valence-corrected chi connectivity index (χ2v) is 12.1. The van der Waals surface area contributed by atoms with E-state index in [9.17, 15) is 14.0 Å². The number of anilines is 1. The van der Waals surface area contributed by atoms with Crippen molar-refractivity contribution in [3.05, 3.63) is 87.1 Å². The normalized spacial score (nSPS) is 17.2. The third-order valence-corrected chi connectivity index (χ3v) is 8.71. The number of aryl methyl sites for hydroxylation is 1. The molecule has 1 fully saturated rings. The van der Waals surface area contributed by atoms with Gasteiger partial charge in [0.05, 0.1) is 21.8 Å². The van der Waals surface area contributed by atoms with Crippen molar-refractivity contribution >= 4 is 49.9 Å². The Kier molecular flexibility index (Phi) is 7.54. The average Bonchev–Trinajstić information content (AvgIpc) is 2.98. The van der Waals surface area contributed by atoms with Gasteiger partial charge in [-0.05, 0) is 55.2 Å². The largest absolute Gasteiger partial charge is 0.500 e. The number of halogens is 3. The number of hydrogen-bond donors (Lipinski definition) is 0. The number of rotatable bonds is 4. The van der Waals surface area contributed by atoms with E-state index in [2.05, 4.69) is 16.5 Å². The predicted molar refractivity (Wildman–Crippen MR) is 172 cm³/mol. The standard InChI is InChI=1S/C32H28B2ClF2N5O3/c1-6-22(43)40-11-12-41(17(5)14-40)30-18-13-20(35)24-23-19(7-8-21(36)25(23)37)32(33,34)45-29(24)28(18)42(31(44)39-30)27-16(4)9-10-38-26(27)15(2)3/h6-10,13,15,17H,1,11-12,14H2,2-5H3/t17-/m0/s1. The van der Waals surface area contributed by atoms with E-state index in [-0.39, 0.29) is 56.7 Å². The first-order valence-corrected chi connectivity index (χ1v) is 14.8. The quantitative estimate of drug-likeness (QED) is 0.238. The molecule has 0 unspecified atom stereocenters. The second kappa shape index (κ2) is 11.0. The van der Waals surface area contributed by atoms with Crippen LogP contribution >= 0.6 is 11.6 Å². The molecule has 4 heterocycles. The Bertz CT molecular complexity index is 1980. The van der Waals surface area contributed by atoms with Crippen molar-refractivity contribution in [1.82, 2.24) is 19.4 Å². The summed E-state index contributed by atoms with van der Waals surface area (Å²) in [6, 6.07) is 5.20. The maximum absolute atomic E-state index is 15.6. The van der Waals surface area contributed by atoms with Gasteiger partial charge in [-0.25, -0.2) is 13.6 Å². The highest BCUT2D eigenvalue weighted by Crippen LogP contribution is 2.52. The lowest BCUT2D eigenvalue weighted by molar-refractivity contribution is -0.126. The smallest absolute Gasteiger partial charge is 0.354 e. The molecular weight excluding hydrogens is 597 g/mol. The summed E-state index contributed by atoms with van der Waals surface area (Å²) in [6.07, 6.45) is 2.91. The highest BCUT2D eigenvalue weighted by Gasteiger charge is 2.39. The Morgan fingerprint density at radius 2 is 1.96 bits per heavy atom. The molecule has 1 atom stereocenters. The molecule has 1 saturated heterocycles. The van der Waals surface area contributed by atoms with Crippen molar-refractivity contribution < 1.29 is 18.3 Å². The number of benzene rings is 2. The van der Waals surface area contributed by atoms with Crippen molar-refractivity contribution in [2.24, 2.45) is 0 Å². The summed E-state index contributed by atoms with van der Waals surface area (Å²) in [4.78, 5) is 39.3. The van der Waals surface area contributed by atoms with E-state index in [0.29, 0.717) is 42.0 Å². The summed E-state index contributed by atoms with van der Waals surface area (Å²) in [7, 11) is 12.8. The van der Waals surface area contributed by atoms with Gasteiger partial charge in [-0.3, -0.25) is 14.3 Å². The van der Waals surface area contributed by atoms with Crippen LogP contribution in [0.1, 0.15) is 43.5 Å². The van der Waals surface area contributed by atoms with Crippen molar-refractivity contribution in [3.63, 3.8) is 0 Å². The molecule has 0 saturated carbocycles. The van der Waals surface area contributed by atoms with E-state index in [1.54, 1.807) is 23.2 Å². The van der Waals surface area contributed by atoms with Crippen LogP contribution in [0.5, 0.6) is 5.75 Å². The topological polar surface area (TPSA) is 80.6 Å². The Morgan fingerprint density at radius 3 is 2.62 bits per heavy atom. The SMILES string of the molecule is [B]C1([B])Oc2c(c(Cl)cc3c(N4CCN(C(=O)C=C)C[C@@H]4C)nc(=O)n(-c4c(C)ccnc4C(C)C)c23)-c2c1ccc(F)c2F. The van der Waals surface area contributed by atoms with Gasteiger partial charge in [0, 0.05) is 48.4 Å². The molecule has 0 aliphatic carbocycles.